The topological polar surface area (TPSA) is 40.6 Å². The van der Waals surface area contributed by atoms with Gasteiger partial charge in [-0.1, -0.05) is 18.2 Å². The summed E-state index contributed by atoms with van der Waals surface area (Å²) in [6.07, 6.45) is 2.51. The Morgan fingerprint density at radius 3 is 2.67 bits per heavy atom. The summed E-state index contributed by atoms with van der Waals surface area (Å²) in [7, 11) is 1.74. The number of nitrogens with zero attached hydrogens (tertiary/aromatic N) is 2. The van der Waals surface area contributed by atoms with Gasteiger partial charge in [0, 0.05) is 25.7 Å². The zero-order valence-corrected chi connectivity index (χ0v) is 10.6. The SMILES string of the molecule is CN(C(=O)CN1CCCCC1=O)c1ccccc1. The Balaban J connectivity index is 1.97. The van der Waals surface area contributed by atoms with E-state index in [0.29, 0.717) is 13.0 Å². The second kappa shape index (κ2) is 5.67. The van der Waals surface area contributed by atoms with Crippen molar-refractivity contribution >= 4 is 17.5 Å². The van der Waals surface area contributed by atoms with E-state index in [1.165, 1.54) is 0 Å². The molecule has 0 unspecified atom stereocenters. The van der Waals surface area contributed by atoms with Crippen molar-refractivity contribution in [1.29, 1.82) is 0 Å². The van der Waals surface area contributed by atoms with Crippen molar-refractivity contribution in [3.8, 4) is 0 Å². The predicted octanol–water partition coefficient (Wildman–Crippen LogP) is 1.66. The molecule has 0 bridgehead atoms. The van der Waals surface area contributed by atoms with Gasteiger partial charge in [-0.25, -0.2) is 0 Å². The molecule has 0 radical (unpaired) electrons. The Hall–Kier alpha value is -1.84. The van der Waals surface area contributed by atoms with Crippen LogP contribution < -0.4 is 4.90 Å². The molecule has 2 amide bonds. The molecule has 0 aliphatic carbocycles. The minimum atomic E-state index is -0.0450. The maximum absolute atomic E-state index is 12.1. The fraction of sp³-hybridized carbons (Fsp3) is 0.429. The number of likely N-dealkylation sites (tertiary alicyclic amines) is 1. The van der Waals surface area contributed by atoms with Crippen LogP contribution in [0.4, 0.5) is 5.69 Å². The predicted molar refractivity (Wildman–Crippen MR) is 70.3 cm³/mol. The summed E-state index contributed by atoms with van der Waals surface area (Å²) in [6, 6.07) is 9.47. The molecule has 1 heterocycles. The van der Waals surface area contributed by atoms with E-state index in [4.69, 9.17) is 0 Å². The highest BCUT2D eigenvalue weighted by atomic mass is 16.2. The zero-order chi connectivity index (χ0) is 13.0. The molecule has 1 aromatic rings. The number of rotatable bonds is 3. The van der Waals surface area contributed by atoms with Crippen LogP contribution in [0.25, 0.3) is 0 Å². The summed E-state index contributed by atoms with van der Waals surface area (Å²) in [5.74, 6) is 0.0486. The summed E-state index contributed by atoms with van der Waals surface area (Å²) in [5, 5.41) is 0. The lowest BCUT2D eigenvalue weighted by Crippen LogP contribution is -2.43. The molecule has 2 rings (SSSR count). The Labute approximate surface area is 107 Å². The molecule has 1 saturated heterocycles. The smallest absolute Gasteiger partial charge is 0.246 e. The van der Waals surface area contributed by atoms with Crippen molar-refractivity contribution in [2.24, 2.45) is 0 Å². The number of anilines is 1. The van der Waals surface area contributed by atoms with E-state index in [0.717, 1.165) is 18.5 Å². The highest BCUT2D eigenvalue weighted by molar-refractivity contribution is 5.96. The molecule has 0 spiro atoms. The van der Waals surface area contributed by atoms with Crippen molar-refractivity contribution < 1.29 is 9.59 Å². The molecule has 1 aliphatic rings. The highest BCUT2D eigenvalue weighted by Crippen LogP contribution is 2.14. The molecule has 1 aliphatic heterocycles. The Morgan fingerprint density at radius 2 is 2.00 bits per heavy atom. The second-order valence-corrected chi connectivity index (χ2v) is 4.56. The van der Waals surface area contributed by atoms with E-state index >= 15 is 0 Å². The number of hydrogen-bond acceptors (Lipinski definition) is 2. The third-order valence-corrected chi connectivity index (χ3v) is 3.27. The van der Waals surface area contributed by atoms with Gasteiger partial charge in [-0.15, -0.1) is 0 Å². The molecule has 0 aromatic heterocycles. The van der Waals surface area contributed by atoms with Crippen molar-refractivity contribution in [1.82, 2.24) is 4.90 Å². The van der Waals surface area contributed by atoms with Crippen LogP contribution in [0.15, 0.2) is 30.3 Å². The maximum Gasteiger partial charge on any atom is 0.246 e. The van der Waals surface area contributed by atoms with Crippen LogP contribution in [0.2, 0.25) is 0 Å². The monoisotopic (exact) mass is 246 g/mol. The molecular formula is C14H18N2O2. The van der Waals surface area contributed by atoms with Crippen LogP contribution in [0.3, 0.4) is 0 Å². The molecule has 0 N–H and O–H groups in total. The van der Waals surface area contributed by atoms with E-state index < -0.39 is 0 Å². The molecule has 4 heteroatoms. The van der Waals surface area contributed by atoms with Crippen molar-refractivity contribution in [2.75, 3.05) is 25.0 Å². The van der Waals surface area contributed by atoms with Gasteiger partial charge < -0.3 is 9.80 Å². The summed E-state index contributed by atoms with van der Waals surface area (Å²) < 4.78 is 0. The molecule has 1 fully saturated rings. The lowest BCUT2D eigenvalue weighted by Gasteiger charge is -2.28. The lowest BCUT2D eigenvalue weighted by molar-refractivity contribution is -0.137. The van der Waals surface area contributed by atoms with Crippen LogP contribution in [-0.4, -0.2) is 36.9 Å². The maximum atomic E-state index is 12.1. The molecule has 0 atom stereocenters. The van der Waals surface area contributed by atoms with Crippen molar-refractivity contribution in [3.05, 3.63) is 30.3 Å². The van der Waals surface area contributed by atoms with Crippen molar-refractivity contribution in [2.45, 2.75) is 19.3 Å². The van der Waals surface area contributed by atoms with E-state index in [1.54, 1.807) is 16.8 Å². The molecule has 18 heavy (non-hydrogen) atoms. The third-order valence-electron chi connectivity index (χ3n) is 3.27. The van der Waals surface area contributed by atoms with E-state index in [2.05, 4.69) is 0 Å². The first-order valence-corrected chi connectivity index (χ1v) is 6.28. The lowest BCUT2D eigenvalue weighted by atomic mass is 10.1. The van der Waals surface area contributed by atoms with Gasteiger partial charge >= 0.3 is 0 Å². The quantitative estimate of drug-likeness (QED) is 0.814. The average molecular weight is 246 g/mol. The Kier molecular flexibility index (Phi) is 3.97. The number of hydrogen-bond donors (Lipinski definition) is 0. The first-order chi connectivity index (χ1) is 8.68. The number of para-hydroxylation sites is 1. The van der Waals surface area contributed by atoms with E-state index in [9.17, 15) is 9.59 Å². The first kappa shape index (κ1) is 12.6. The molecular weight excluding hydrogens is 228 g/mol. The third kappa shape index (κ3) is 2.88. The number of carbonyl (C=O) groups is 2. The number of likely N-dealkylation sites (N-methyl/N-ethyl adjacent to an activating group) is 1. The Bertz CT molecular complexity index is 431. The zero-order valence-electron chi connectivity index (χ0n) is 10.6. The van der Waals surface area contributed by atoms with Gasteiger partial charge in [-0.05, 0) is 25.0 Å². The van der Waals surface area contributed by atoms with Gasteiger partial charge in [0.15, 0.2) is 0 Å². The molecule has 1 aromatic carbocycles. The number of carbonyl (C=O) groups excluding carboxylic acids is 2. The minimum Gasteiger partial charge on any atom is -0.333 e. The standard InChI is InChI=1S/C14H18N2O2/c1-15(12-7-3-2-4-8-12)14(18)11-16-10-6-5-9-13(16)17/h2-4,7-8H,5-6,9-11H2,1H3. The summed E-state index contributed by atoms with van der Waals surface area (Å²) in [5.41, 5.74) is 0.854. The average Bonchev–Trinajstić information content (AvgIpc) is 2.41. The van der Waals surface area contributed by atoms with E-state index in [1.807, 2.05) is 30.3 Å². The highest BCUT2D eigenvalue weighted by Gasteiger charge is 2.22. The molecule has 0 saturated carbocycles. The van der Waals surface area contributed by atoms with Crippen LogP contribution in [0.1, 0.15) is 19.3 Å². The molecule has 96 valence electrons. The summed E-state index contributed by atoms with van der Waals surface area (Å²) in [6.45, 7) is 0.886. The summed E-state index contributed by atoms with van der Waals surface area (Å²) >= 11 is 0. The summed E-state index contributed by atoms with van der Waals surface area (Å²) in [4.78, 5) is 27.0. The van der Waals surface area contributed by atoms with Crippen molar-refractivity contribution in [3.63, 3.8) is 0 Å². The fourth-order valence-electron chi connectivity index (χ4n) is 2.09. The normalized spacial score (nSPS) is 15.6. The second-order valence-electron chi connectivity index (χ2n) is 4.56. The van der Waals surface area contributed by atoms with Crippen LogP contribution in [0.5, 0.6) is 0 Å². The van der Waals surface area contributed by atoms with Gasteiger partial charge in [0.25, 0.3) is 0 Å². The van der Waals surface area contributed by atoms with Crippen LogP contribution >= 0.6 is 0 Å². The molecule has 4 nitrogen and oxygen atoms in total. The van der Waals surface area contributed by atoms with Gasteiger partial charge in [-0.3, -0.25) is 9.59 Å². The van der Waals surface area contributed by atoms with Gasteiger partial charge in [-0.2, -0.15) is 0 Å². The number of amides is 2. The fourth-order valence-corrected chi connectivity index (χ4v) is 2.09. The largest absolute Gasteiger partial charge is 0.333 e. The van der Waals surface area contributed by atoms with Crippen LogP contribution in [-0.2, 0) is 9.59 Å². The van der Waals surface area contributed by atoms with Gasteiger partial charge in [0.1, 0.15) is 6.54 Å². The van der Waals surface area contributed by atoms with Gasteiger partial charge in [0.2, 0.25) is 11.8 Å². The number of benzene rings is 1. The van der Waals surface area contributed by atoms with E-state index in [-0.39, 0.29) is 18.4 Å². The Morgan fingerprint density at radius 1 is 1.28 bits per heavy atom. The van der Waals surface area contributed by atoms with Gasteiger partial charge in [0.05, 0.1) is 0 Å². The van der Waals surface area contributed by atoms with Crippen LogP contribution in [0, 0.1) is 0 Å². The minimum absolute atomic E-state index is 0.0450. The number of piperidine rings is 1. The first-order valence-electron chi connectivity index (χ1n) is 6.28.